The molecule has 3 N–H and O–H groups in total. The molecule has 1 heterocycles. The number of nitrogen functional groups attached to an aromatic ring is 1. The van der Waals surface area contributed by atoms with E-state index in [0.717, 1.165) is 11.6 Å². The van der Waals surface area contributed by atoms with Crippen LogP contribution in [0.25, 0.3) is 0 Å². The second kappa shape index (κ2) is 6.20. The van der Waals surface area contributed by atoms with Gasteiger partial charge in [0.25, 0.3) is 0 Å². The van der Waals surface area contributed by atoms with E-state index in [1.165, 1.54) is 25.0 Å². The third-order valence-corrected chi connectivity index (χ3v) is 4.91. The summed E-state index contributed by atoms with van der Waals surface area (Å²) in [7, 11) is 0. The van der Waals surface area contributed by atoms with Crippen molar-refractivity contribution in [3.63, 3.8) is 0 Å². The first-order valence-electron chi connectivity index (χ1n) is 7.43. The molecule has 1 aromatic rings. The number of hydrogen-bond acceptors (Lipinski definition) is 5. The van der Waals surface area contributed by atoms with E-state index < -0.39 is 0 Å². The molecule has 0 aromatic carbocycles. The highest BCUT2D eigenvalue weighted by atomic mass is 32.2. The smallest absolute Gasteiger partial charge is 0.138 e. The predicted octanol–water partition coefficient (Wildman–Crippen LogP) is 3.44. The van der Waals surface area contributed by atoms with Gasteiger partial charge in [-0.05, 0) is 18.6 Å². The van der Waals surface area contributed by atoms with Crippen molar-refractivity contribution in [2.24, 2.45) is 0 Å². The maximum Gasteiger partial charge on any atom is 0.138 e. The molecule has 0 spiro atoms. The lowest BCUT2D eigenvalue weighted by molar-refractivity contribution is 0.546. The van der Waals surface area contributed by atoms with E-state index in [1.54, 1.807) is 0 Å². The third-order valence-electron chi connectivity index (χ3n) is 3.58. The van der Waals surface area contributed by atoms with Gasteiger partial charge in [-0.15, -0.1) is 0 Å². The minimum atomic E-state index is -0.0843. The highest BCUT2D eigenvalue weighted by Crippen LogP contribution is 2.32. The number of thioether (sulfide) groups is 1. The third kappa shape index (κ3) is 3.78. The molecule has 2 atom stereocenters. The van der Waals surface area contributed by atoms with E-state index in [0.29, 0.717) is 17.1 Å². The van der Waals surface area contributed by atoms with E-state index in [-0.39, 0.29) is 5.41 Å². The quantitative estimate of drug-likeness (QED) is 0.890. The zero-order valence-corrected chi connectivity index (χ0v) is 13.8. The molecule has 1 aromatic heterocycles. The molecule has 1 aliphatic carbocycles. The van der Waals surface area contributed by atoms with Gasteiger partial charge in [0.2, 0.25) is 0 Å². The second-order valence-corrected chi connectivity index (χ2v) is 7.94. The first-order chi connectivity index (χ1) is 9.40. The summed E-state index contributed by atoms with van der Waals surface area (Å²) in [6.07, 6.45) is 3.80. The first-order valence-corrected chi connectivity index (χ1v) is 8.48. The van der Waals surface area contributed by atoms with Crippen molar-refractivity contribution in [1.82, 2.24) is 9.97 Å². The Morgan fingerprint density at radius 2 is 2.10 bits per heavy atom. The lowest BCUT2D eigenvalue weighted by Gasteiger charge is -2.23. The highest BCUT2D eigenvalue weighted by molar-refractivity contribution is 7.99. The van der Waals surface area contributed by atoms with Crippen LogP contribution in [0.4, 0.5) is 11.6 Å². The van der Waals surface area contributed by atoms with Crippen LogP contribution in [0.2, 0.25) is 0 Å². The molecule has 0 amide bonds. The summed E-state index contributed by atoms with van der Waals surface area (Å²) >= 11 is 2.04. The zero-order valence-electron chi connectivity index (χ0n) is 12.9. The van der Waals surface area contributed by atoms with Gasteiger partial charge in [0, 0.05) is 22.8 Å². The Bertz CT molecular complexity index is 456. The Morgan fingerprint density at radius 3 is 2.75 bits per heavy atom. The van der Waals surface area contributed by atoms with E-state index in [1.807, 2.05) is 17.8 Å². The van der Waals surface area contributed by atoms with Gasteiger partial charge in [0.05, 0.1) is 0 Å². The highest BCUT2D eigenvalue weighted by Gasteiger charge is 2.28. The van der Waals surface area contributed by atoms with Gasteiger partial charge in [-0.3, -0.25) is 0 Å². The van der Waals surface area contributed by atoms with Crippen LogP contribution in [0.1, 0.15) is 52.8 Å². The van der Waals surface area contributed by atoms with Gasteiger partial charge in [0.1, 0.15) is 17.5 Å². The van der Waals surface area contributed by atoms with E-state index in [2.05, 4.69) is 43.0 Å². The number of nitrogens with zero attached hydrogens (tertiary/aromatic N) is 2. The van der Waals surface area contributed by atoms with Crippen molar-refractivity contribution in [2.75, 3.05) is 16.8 Å². The normalized spacial score (nSPS) is 23.0. The Kier molecular flexibility index (Phi) is 4.78. The summed E-state index contributed by atoms with van der Waals surface area (Å²) in [5.74, 6) is 3.39. The summed E-state index contributed by atoms with van der Waals surface area (Å²) in [5.41, 5.74) is 5.84. The molecule has 20 heavy (non-hydrogen) atoms. The molecular weight excluding hydrogens is 268 g/mol. The van der Waals surface area contributed by atoms with Gasteiger partial charge in [-0.2, -0.15) is 11.8 Å². The molecule has 0 saturated heterocycles. The SMILES string of the molecule is CCSC1CCCC1Nc1cc(N)nc(C(C)(C)C)n1. The number of aromatic nitrogens is 2. The molecule has 2 unspecified atom stereocenters. The van der Waals surface area contributed by atoms with Gasteiger partial charge in [-0.1, -0.05) is 34.1 Å². The molecule has 1 saturated carbocycles. The molecule has 0 bridgehead atoms. The lowest BCUT2D eigenvalue weighted by Crippen LogP contribution is -2.27. The van der Waals surface area contributed by atoms with Crippen molar-refractivity contribution in [3.05, 3.63) is 11.9 Å². The molecule has 4 nitrogen and oxygen atoms in total. The second-order valence-electron chi connectivity index (χ2n) is 6.43. The Balaban J connectivity index is 2.15. The van der Waals surface area contributed by atoms with Gasteiger partial charge in [-0.25, -0.2) is 9.97 Å². The van der Waals surface area contributed by atoms with Gasteiger partial charge < -0.3 is 11.1 Å². The summed E-state index contributed by atoms with van der Waals surface area (Å²) in [6, 6.07) is 2.35. The molecule has 0 aliphatic heterocycles. The number of nitrogens with two attached hydrogens (primary N) is 1. The summed E-state index contributed by atoms with van der Waals surface area (Å²) in [4.78, 5) is 9.01. The van der Waals surface area contributed by atoms with Crippen molar-refractivity contribution in [2.45, 2.75) is 63.7 Å². The lowest BCUT2D eigenvalue weighted by atomic mass is 9.96. The van der Waals surface area contributed by atoms with Crippen LogP contribution in [0.15, 0.2) is 6.07 Å². The van der Waals surface area contributed by atoms with Crippen LogP contribution in [-0.4, -0.2) is 27.0 Å². The van der Waals surface area contributed by atoms with Crippen molar-refractivity contribution in [1.29, 1.82) is 0 Å². The fourth-order valence-electron chi connectivity index (χ4n) is 2.57. The van der Waals surface area contributed by atoms with E-state index in [9.17, 15) is 0 Å². The van der Waals surface area contributed by atoms with Gasteiger partial charge in [0.15, 0.2) is 0 Å². The number of nitrogens with one attached hydrogen (secondary N) is 1. The fraction of sp³-hybridized carbons (Fsp3) is 0.733. The largest absolute Gasteiger partial charge is 0.384 e. The number of anilines is 2. The van der Waals surface area contributed by atoms with Crippen LogP contribution >= 0.6 is 11.8 Å². The average Bonchev–Trinajstić information content (AvgIpc) is 2.75. The van der Waals surface area contributed by atoms with Crippen LogP contribution in [0.3, 0.4) is 0 Å². The maximum absolute atomic E-state index is 5.93. The van der Waals surface area contributed by atoms with Crippen LogP contribution in [0.5, 0.6) is 0 Å². The minimum Gasteiger partial charge on any atom is -0.384 e. The van der Waals surface area contributed by atoms with E-state index >= 15 is 0 Å². The average molecular weight is 294 g/mol. The monoisotopic (exact) mass is 294 g/mol. The van der Waals surface area contributed by atoms with E-state index in [4.69, 9.17) is 5.73 Å². The molecule has 5 heteroatoms. The van der Waals surface area contributed by atoms with Gasteiger partial charge >= 0.3 is 0 Å². The molecule has 1 aliphatic rings. The van der Waals surface area contributed by atoms with Crippen molar-refractivity contribution >= 4 is 23.4 Å². The van der Waals surface area contributed by atoms with Crippen LogP contribution in [-0.2, 0) is 5.41 Å². The summed E-state index contributed by atoms with van der Waals surface area (Å²) in [5, 5.41) is 4.27. The molecule has 112 valence electrons. The number of rotatable bonds is 4. The minimum absolute atomic E-state index is 0.0843. The summed E-state index contributed by atoms with van der Waals surface area (Å²) < 4.78 is 0. The number of hydrogen-bond donors (Lipinski definition) is 2. The summed E-state index contributed by atoms with van der Waals surface area (Å²) in [6.45, 7) is 8.55. The maximum atomic E-state index is 5.93. The predicted molar refractivity (Wildman–Crippen MR) is 88.3 cm³/mol. The zero-order chi connectivity index (χ0) is 14.8. The fourth-order valence-corrected chi connectivity index (χ4v) is 3.77. The Labute approximate surface area is 126 Å². The van der Waals surface area contributed by atoms with Crippen LogP contribution in [0, 0.1) is 0 Å². The van der Waals surface area contributed by atoms with Crippen molar-refractivity contribution in [3.8, 4) is 0 Å². The topological polar surface area (TPSA) is 63.8 Å². The molecular formula is C15H26N4S. The molecule has 0 radical (unpaired) electrons. The van der Waals surface area contributed by atoms with Crippen molar-refractivity contribution < 1.29 is 0 Å². The first kappa shape index (κ1) is 15.4. The Hall–Kier alpha value is -0.970. The van der Waals surface area contributed by atoms with Crippen LogP contribution < -0.4 is 11.1 Å². The molecule has 1 fully saturated rings. The molecule has 2 rings (SSSR count). The Morgan fingerprint density at radius 1 is 1.35 bits per heavy atom. The standard InChI is InChI=1S/C15H26N4S/c1-5-20-11-8-6-7-10(11)17-13-9-12(16)18-14(19-13)15(2,3)4/h9-11H,5-8H2,1-4H3,(H3,16,17,18,19).